The van der Waals surface area contributed by atoms with Gasteiger partial charge in [-0.2, -0.15) is 0 Å². The van der Waals surface area contributed by atoms with Crippen LogP contribution in [0.5, 0.6) is 5.75 Å². The molecule has 1 aliphatic carbocycles. The molecule has 21 heavy (non-hydrogen) atoms. The Morgan fingerprint density at radius 2 is 2.10 bits per heavy atom. The molecule has 4 heteroatoms. The zero-order valence-corrected chi connectivity index (χ0v) is 13.9. The van der Waals surface area contributed by atoms with Gasteiger partial charge >= 0.3 is 0 Å². The van der Waals surface area contributed by atoms with Crippen LogP contribution in [0, 0.1) is 11.8 Å². The number of ether oxygens (including phenoxy) is 1. The molecule has 2 N–H and O–H groups in total. The van der Waals surface area contributed by atoms with Gasteiger partial charge in [0.1, 0.15) is 5.75 Å². The van der Waals surface area contributed by atoms with E-state index in [0.29, 0.717) is 18.4 Å². The highest BCUT2D eigenvalue weighted by atomic mass is 32.2. The zero-order valence-electron chi connectivity index (χ0n) is 13.1. The third-order valence-electron chi connectivity index (χ3n) is 4.60. The molecule has 4 unspecified atom stereocenters. The standard InChI is InChI=1S/C17H27NO2S/c1-3-6-13-9-10-14(12-18)17(11-13)21(19)16-8-5-4-7-15(16)20-2/h4-5,7-8,13-14,17H,3,6,9-12,18H2,1-2H3. The largest absolute Gasteiger partial charge is 0.495 e. The van der Waals surface area contributed by atoms with E-state index in [-0.39, 0.29) is 5.25 Å². The average molecular weight is 309 g/mol. The number of nitrogens with two attached hydrogens (primary N) is 1. The number of hydrogen-bond acceptors (Lipinski definition) is 3. The first-order valence-corrected chi connectivity index (χ1v) is 9.16. The summed E-state index contributed by atoms with van der Waals surface area (Å²) in [5.41, 5.74) is 5.93. The Morgan fingerprint density at radius 3 is 2.76 bits per heavy atom. The van der Waals surface area contributed by atoms with Crippen molar-refractivity contribution in [3.05, 3.63) is 24.3 Å². The Hall–Kier alpha value is -0.870. The number of methoxy groups -OCH3 is 1. The van der Waals surface area contributed by atoms with Crippen molar-refractivity contribution in [1.29, 1.82) is 0 Å². The van der Waals surface area contributed by atoms with Crippen molar-refractivity contribution < 1.29 is 8.95 Å². The summed E-state index contributed by atoms with van der Waals surface area (Å²) < 4.78 is 18.5. The molecule has 0 radical (unpaired) electrons. The second-order valence-electron chi connectivity index (χ2n) is 5.95. The highest BCUT2D eigenvalue weighted by Gasteiger charge is 2.34. The summed E-state index contributed by atoms with van der Waals surface area (Å²) in [6.07, 6.45) is 5.80. The molecular weight excluding hydrogens is 282 g/mol. The minimum atomic E-state index is -1.04. The lowest BCUT2D eigenvalue weighted by Gasteiger charge is -2.35. The monoisotopic (exact) mass is 309 g/mol. The van der Waals surface area contributed by atoms with Crippen LogP contribution < -0.4 is 10.5 Å². The van der Waals surface area contributed by atoms with Gasteiger partial charge in [0.15, 0.2) is 0 Å². The summed E-state index contributed by atoms with van der Waals surface area (Å²) in [6, 6.07) is 7.66. The molecule has 2 rings (SSSR count). The molecule has 0 aromatic heterocycles. The van der Waals surface area contributed by atoms with E-state index in [0.717, 1.165) is 23.5 Å². The Bertz CT molecular complexity index is 478. The lowest BCUT2D eigenvalue weighted by atomic mass is 9.80. The fourth-order valence-corrected chi connectivity index (χ4v) is 5.36. The number of rotatable bonds is 6. The molecule has 1 aromatic carbocycles. The third-order valence-corrected chi connectivity index (χ3v) is 6.50. The van der Waals surface area contributed by atoms with Crippen LogP contribution in [0.15, 0.2) is 29.2 Å². The van der Waals surface area contributed by atoms with Crippen molar-refractivity contribution in [1.82, 2.24) is 0 Å². The first kappa shape index (κ1) is 16.5. The number of benzene rings is 1. The van der Waals surface area contributed by atoms with E-state index in [1.807, 2.05) is 24.3 Å². The average Bonchev–Trinajstić information content (AvgIpc) is 2.54. The van der Waals surface area contributed by atoms with Gasteiger partial charge in [0, 0.05) is 5.25 Å². The van der Waals surface area contributed by atoms with Gasteiger partial charge in [-0.1, -0.05) is 38.3 Å². The summed E-state index contributed by atoms with van der Waals surface area (Å²) in [4.78, 5) is 0.820. The van der Waals surface area contributed by atoms with E-state index in [2.05, 4.69) is 6.92 Å². The fourth-order valence-electron chi connectivity index (χ4n) is 3.42. The highest BCUT2D eigenvalue weighted by Crippen LogP contribution is 2.37. The Kier molecular flexibility index (Phi) is 6.24. The molecule has 1 saturated carbocycles. The molecule has 118 valence electrons. The molecule has 0 saturated heterocycles. The van der Waals surface area contributed by atoms with E-state index >= 15 is 0 Å². The van der Waals surface area contributed by atoms with E-state index in [1.165, 1.54) is 19.3 Å². The maximum Gasteiger partial charge on any atom is 0.134 e. The maximum absolute atomic E-state index is 13.1. The first-order chi connectivity index (χ1) is 10.2. The van der Waals surface area contributed by atoms with Gasteiger partial charge in [0.25, 0.3) is 0 Å². The maximum atomic E-state index is 13.1. The lowest BCUT2D eigenvalue weighted by molar-refractivity contribution is 0.272. The van der Waals surface area contributed by atoms with Crippen LogP contribution >= 0.6 is 0 Å². The van der Waals surface area contributed by atoms with Gasteiger partial charge in [-0.3, -0.25) is 4.21 Å². The summed E-state index contributed by atoms with van der Waals surface area (Å²) in [6.45, 7) is 2.85. The fraction of sp³-hybridized carbons (Fsp3) is 0.647. The van der Waals surface area contributed by atoms with Gasteiger partial charge in [-0.15, -0.1) is 0 Å². The lowest BCUT2D eigenvalue weighted by Crippen LogP contribution is -2.37. The molecule has 1 aromatic rings. The Labute approximate surface area is 130 Å². The van der Waals surface area contributed by atoms with Crippen molar-refractivity contribution >= 4 is 10.8 Å². The second-order valence-corrected chi connectivity index (χ2v) is 7.59. The summed E-state index contributed by atoms with van der Waals surface area (Å²) in [5.74, 6) is 1.79. The van der Waals surface area contributed by atoms with Crippen LogP contribution in [-0.2, 0) is 10.8 Å². The molecule has 0 bridgehead atoms. The zero-order chi connectivity index (χ0) is 15.2. The summed E-state index contributed by atoms with van der Waals surface area (Å²) in [5, 5.41) is 0.164. The molecule has 4 atom stereocenters. The molecular formula is C17H27NO2S. The molecule has 0 amide bonds. The Balaban J connectivity index is 2.21. The topological polar surface area (TPSA) is 52.3 Å². The summed E-state index contributed by atoms with van der Waals surface area (Å²) in [7, 11) is 0.596. The van der Waals surface area contributed by atoms with Gasteiger partial charge < -0.3 is 10.5 Å². The Morgan fingerprint density at radius 1 is 1.33 bits per heavy atom. The van der Waals surface area contributed by atoms with Crippen LogP contribution in [0.1, 0.15) is 39.0 Å². The quantitative estimate of drug-likeness (QED) is 0.877. The van der Waals surface area contributed by atoms with E-state index in [9.17, 15) is 4.21 Å². The van der Waals surface area contributed by atoms with E-state index in [1.54, 1.807) is 7.11 Å². The van der Waals surface area contributed by atoms with E-state index in [4.69, 9.17) is 10.5 Å². The summed E-state index contributed by atoms with van der Waals surface area (Å²) >= 11 is 0. The van der Waals surface area contributed by atoms with Crippen LogP contribution in [0.2, 0.25) is 0 Å². The van der Waals surface area contributed by atoms with Crippen LogP contribution in [0.3, 0.4) is 0 Å². The third kappa shape index (κ3) is 3.86. The molecule has 0 spiro atoms. The van der Waals surface area contributed by atoms with Gasteiger partial charge in [-0.25, -0.2) is 0 Å². The van der Waals surface area contributed by atoms with Crippen molar-refractivity contribution in [3.8, 4) is 5.75 Å². The van der Waals surface area contributed by atoms with Crippen molar-refractivity contribution in [3.63, 3.8) is 0 Å². The van der Waals surface area contributed by atoms with Gasteiger partial charge in [0.05, 0.1) is 22.8 Å². The molecule has 3 nitrogen and oxygen atoms in total. The van der Waals surface area contributed by atoms with Gasteiger partial charge in [0.2, 0.25) is 0 Å². The van der Waals surface area contributed by atoms with Crippen LogP contribution in [0.25, 0.3) is 0 Å². The predicted molar refractivity (Wildman–Crippen MR) is 88.0 cm³/mol. The molecule has 1 fully saturated rings. The smallest absolute Gasteiger partial charge is 0.134 e. The predicted octanol–water partition coefficient (Wildman–Crippen LogP) is 3.35. The molecule has 0 aliphatic heterocycles. The van der Waals surface area contributed by atoms with E-state index < -0.39 is 10.8 Å². The molecule has 1 aliphatic rings. The van der Waals surface area contributed by atoms with Crippen molar-refractivity contribution in [2.45, 2.75) is 49.2 Å². The first-order valence-electron chi connectivity index (χ1n) is 7.94. The van der Waals surface area contributed by atoms with Crippen molar-refractivity contribution in [2.24, 2.45) is 17.6 Å². The van der Waals surface area contributed by atoms with Crippen molar-refractivity contribution in [2.75, 3.05) is 13.7 Å². The van der Waals surface area contributed by atoms with Gasteiger partial charge in [-0.05, 0) is 43.4 Å². The normalized spacial score (nSPS) is 27.3. The highest BCUT2D eigenvalue weighted by molar-refractivity contribution is 7.85. The number of hydrogen-bond donors (Lipinski definition) is 1. The SMILES string of the molecule is CCCC1CCC(CN)C(S(=O)c2ccccc2OC)C1. The number of para-hydroxylation sites is 1. The van der Waals surface area contributed by atoms with Crippen LogP contribution in [0.4, 0.5) is 0 Å². The minimum Gasteiger partial charge on any atom is -0.495 e. The minimum absolute atomic E-state index is 0.164. The second kappa shape index (κ2) is 7.95. The molecule has 0 heterocycles. The van der Waals surface area contributed by atoms with Crippen LogP contribution in [-0.4, -0.2) is 23.1 Å².